The van der Waals surface area contributed by atoms with E-state index in [4.69, 9.17) is 4.42 Å². The largest absolute Gasteiger partial charge is 0.402 e. The molecule has 0 saturated carbocycles. The van der Waals surface area contributed by atoms with Crippen LogP contribution in [-0.4, -0.2) is 0 Å². The van der Waals surface area contributed by atoms with Crippen LogP contribution < -0.4 is 4.57 Å². The van der Waals surface area contributed by atoms with E-state index in [2.05, 4.69) is 50.8 Å². The summed E-state index contributed by atoms with van der Waals surface area (Å²) in [5, 5.41) is 0. The van der Waals surface area contributed by atoms with Gasteiger partial charge in [0.05, 0.1) is 6.92 Å². The van der Waals surface area contributed by atoms with E-state index in [0.717, 1.165) is 28.0 Å². The van der Waals surface area contributed by atoms with Gasteiger partial charge in [-0.3, -0.25) is 0 Å². The zero-order valence-electron chi connectivity index (χ0n) is 10.1. The molecular weight excluding hydrogens is 290 g/mol. The maximum absolute atomic E-state index is 5.79. The van der Waals surface area contributed by atoms with Crippen LogP contribution in [0.2, 0.25) is 0 Å². The van der Waals surface area contributed by atoms with E-state index in [-0.39, 0.29) is 0 Å². The number of aryl methyl sites for hydroxylation is 1. The van der Waals surface area contributed by atoms with Crippen LogP contribution in [0, 0.1) is 6.92 Å². The molecule has 0 amide bonds. The number of aromatic nitrogens is 1. The lowest BCUT2D eigenvalue weighted by atomic mass is 10.2. The van der Waals surface area contributed by atoms with E-state index in [0.29, 0.717) is 0 Å². The molecule has 3 rings (SSSR count). The Morgan fingerprint density at radius 1 is 1.11 bits per heavy atom. The van der Waals surface area contributed by atoms with Crippen LogP contribution in [0.1, 0.15) is 11.5 Å². The third kappa shape index (κ3) is 2.06. The summed E-state index contributed by atoms with van der Waals surface area (Å²) < 4.78 is 9.01. The third-order valence-corrected chi connectivity index (χ3v) is 3.53. The van der Waals surface area contributed by atoms with Gasteiger partial charge in [-0.25, -0.2) is 0 Å². The molecule has 0 radical (unpaired) electrons. The Kier molecular flexibility index (Phi) is 2.92. The Balaban J connectivity index is 2.09. The standard InChI is InChI=1S/C15H13BrNO/c1-11-17(10-12-5-3-2-4-6-12)14-8-7-13(16)9-15(14)18-11/h2-9H,10H2,1H3/q+1. The number of hydrogen-bond donors (Lipinski definition) is 0. The van der Waals surface area contributed by atoms with E-state index in [1.54, 1.807) is 0 Å². The highest BCUT2D eigenvalue weighted by Crippen LogP contribution is 2.19. The van der Waals surface area contributed by atoms with Gasteiger partial charge in [0.25, 0.3) is 5.52 Å². The Morgan fingerprint density at radius 2 is 1.89 bits per heavy atom. The molecule has 3 aromatic rings. The molecule has 0 N–H and O–H groups in total. The first-order valence-electron chi connectivity index (χ1n) is 5.86. The van der Waals surface area contributed by atoms with Crippen LogP contribution in [0.25, 0.3) is 11.1 Å². The van der Waals surface area contributed by atoms with Crippen molar-refractivity contribution >= 4 is 27.0 Å². The SMILES string of the molecule is Cc1oc2cc(Br)ccc2[n+]1Cc1ccccc1. The number of benzene rings is 2. The molecule has 90 valence electrons. The number of halogens is 1. The van der Waals surface area contributed by atoms with Crippen molar-refractivity contribution in [2.24, 2.45) is 0 Å². The van der Waals surface area contributed by atoms with Crippen molar-refractivity contribution in [3.8, 4) is 0 Å². The Hall–Kier alpha value is -1.61. The predicted octanol–water partition coefficient (Wildman–Crippen LogP) is 3.84. The van der Waals surface area contributed by atoms with Gasteiger partial charge >= 0.3 is 5.89 Å². The Labute approximate surface area is 114 Å². The molecular formula is C15H13BrNO+. The number of oxazole rings is 1. The molecule has 0 saturated heterocycles. The van der Waals surface area contributed by atoms with Crippen molar-refractivity contribution in [1.29, 1.82) is 0 Å². The number of hydrogen-bond acceptors (Lipinski definition) is 1. The second-order valence-electron chi connectivity index (χ2n) is 4.30. The van der Waals surface area contributed by atoms with Crippen molar-refractivity contribution < 1.29 is 8.98 Å². The first-order valence-corrected chi connectivity index (χ1v) is 6.66. The maximum atomic E-state index is 5.79. The summed E-state index contributed by atoms with van der Waals surface area (Å²) in [6.07, 6.45) is 0. The van der Waals surface area contributed by atoms with Crippen molar-refractivity contribution in [2.45, 2.75) is 13.5 Å². The predicted molar refractivity (Wildman–Crippen MR) is 74.4 cm³/mol. The minimum absolute atomic E-state index is 0.835. The molecule has 1 heterocycles. The van der Waals surface area contributed by atoms with Gasteiger partial charge in [0.1, 0.15) is 0 Å². The minimum atomic E-state index is 0.835. The zero-order valence-corrected chi connectivity index (χ0v) is 11.6. The second-order valence-corrected chi connectivity index (χ2v) is 5.22. The van der Waals surface area contributed by atoms with Crippen molar-refractivity contribution in [2.75, 3.05) is 0 Å². The van der Waals surface area contributed by atoms with Crippen molar-refractivity contribution in [3.63, 3.8) is 0 Å². The third-order valence-electron chi connectivity index (χ3n) is 3.03. The van der Waals surface area contributed by atoms with Gasteiger partial charge in [0.15, 0.2) is 6.54 Å². The topological polar surface area (TPSA) is 17.0 Å². The molecule has 0 spiro atoms. The summed E-state index contributed by atoms with van der Waals surface area (Å²) in [6.45, 7) is 2.83. The molecule has 0 unspecified atom stereocenters. The summed E-state index contributed by atoms with van der Waals surface area (Å²) >= 11 is 3.46. The molecule has 2 aromatic carbocycles. The van der Waals surface area contributed by atoms with Crippen LogP contribution in [0.3, 0.4) is 0 Å². The van der Waals surface area contributed by atoms with Gasteiger partial charge in [-0.2, -0.15) is 4.57 Å². The second kappa shape index (κ2) is 4.58. The highest BCUT2D eigenvalue weighted by molar-refractivity contribution is 9.10. The van der Waals surface area contributed by atoms with Gasteiger partial charge in [-0.1, -0.05) is 46.3 Å². The van der Waals surface area contributed by atoms with E-state index in [1.807, 2.05) is 25.1 Å². The van der Waals surface area contributed by atoms with Crippen LogP contribution in [0.15, 0.2) is 57.4 Å². The fourth-order valence-corrected chi connectivity index (χ4v) is 2.48. The fourth-order valence-electron chi connectivity index (χ4n) is 2.14. The average molecular weight is 303 g/mol. The first kappa shape index (κ1) is 11.5. The minimum Gasteiger partial charge on any atom is -0.402 e. The normalized spacial score (nSPS) is 11.0. The zero-order chi connectivity index (χ0) is 12.5. The first-order chi connectivity index (χ1) is 8.74. The highest BCUT2D eigenvalue weighted by atomic mass is 79.9. The fraction of sp³-hybridized carbons (Fsp3) is 0.133. The molecule has 0 fully saturated rings. The molecule has 0 atom stereocenters. The summed E-state index contributed by atoms with van der Waals surface area (Å²) in [4.78, 5) is 0. The quantitative estimate of drug-likeness (QED) is 0.657. The smallest absolute Gasteiger partial charge is 0.345 e. The summed E-state index contributed by atoms with van der Waals surface area (Å²) in [7, 11) is 0. The van der Waals surface area contributed by atoms with Gasteiger partial charge in [0.2, 0.25) is 5.58 Å². The van der Waals surface area contributed by atoms with Gasteiger partial charge in [0, 0.05) is 22.2 Å². The lowest BCUT2D eigenvalue weighted by Crippen LogP contribution is -2.35. The molecule has 0 aliphatic carbocycles. The molecule has 0 aliphatic rings. The Bertz CT molecular complexity index is 688. The van der Waals surface area contributed by atoms with E-state index < -0.39 is 0 Å². The number of rotatable bonds is 2. The number of fused-ring (bicyclic) bond motifs is 1. The van der Waals surface area contributed by atoms with Crippen LogP contribution in [-0.2, 0) is 6.54 Å². The lowest BCUT2D eigenvalue weighted by molar-refractivity contribution is -0.674. The molecule has 0 aliphatic heterocycles. The average Bonchev–Trinajstić information content (AvgIpc) is 2.66. The number of nitrogens with zero attached hydrogens (tertiary/aromatic N) is 1. The van der Waals surface area contributed by atoms with Crippen LogP contribution >= 0.6 is 15.9 Å². The summed E-state index contributed by atoms with van der Waals surface area (Å²) in [6, 6.07) is 16.5. The maximum Gasteiger partial charge on any atom is 0.345 e. The van der Waals surface area contributed by atoms with Crippen molar-refractivity contribution in [3.05, 3.63) is 64.5 Å². The highest BCUT2D eigenvalue weighted by Gasteiger charge is 2.19. The van der Waals surface area contributed by atoms with Gasteiger partial charge < -0.3 is 4.42 Å². The molecule has 3 heteroatoms. The summed E-state index contributed by atoms with van der Waals surface area (Å²) in [5.74, 6) is 0.923. The monoisotopic (exact) mass is 302 g/mol. The van der Waals surface area contributed by atoms with Gasteiger partial charge in [-0.15, -0.1) is 0 Å². The van der Waals surface area contributed by atoms with E-state index in [1.165, 1.54) is 5.56 Å². The van der Waals surface area contributed by atoms with Crippen LogP contribution in [0.5, 0.6) is 0 Å². The molecule has 0 bridgehead atoms. The van der Waals surface area contributed by atoms with E-state index >= 15 is 0 Å². The van der Waals surface area contributed by atoms with Gasteiger partial charge in [-0.05, 0) is 6.07 Å². The van der Waals surface area contributed by atoms with E-state index in [9.17, 15) is 0 Å². The lowest BCUT2D eigenvalue weighted by Gasteiger charge is -1.96. The molecule has 2 nitrogen and oxygen atoms in total. The van der Waals surface area contributed by atoms with Crippen molar-refractivity contribution in [1.82, 2.24) is 0 Å². The van der Waals surface area contributed by atoms with Crippen LogP contribution in [0.4, 0.5) is 0 Å². The molecule has 1 aromatic heterocycles. The Morgan fingerprint density at radius 3 is 2.67 bits per heavy atom. The molecule has 18 heavy (non-hydrogen) atoms. The summed E-state index contributed by atoms with van der Waals surface area (Å²) in [5.41, 5.74) is 3.31.